The largest absolute Gasteiger partial charge is 0.394 e. The first-order valence-corrected chi connectivity index (χ1v) is 35.0. The highest BCUT2D eigenvalue weighted by molar-refractivity contribution is 5.76. The fourth-order valence-electron chi connectivity index (χ4n) is 11.0. The molecule has 2 aliphatic heterocycles. The highest BCUT2D eigenvalue weighted by atomic mass is 16.7. The standard InChI is InChI=1S/C73H127NO13/c1-3-5-7-9-11-13-15-17-19-21-23-25-27-29-30-31-33-34-36-38-40-42-44-46-48-50-52-54-56-62(77)61(60-84-72-70(83)68(81)71(64(59-76)86-72)87-73-69(82)67(80)66(79)63(58-75)85-73)74-65(78)57-55-53-51-49-47-45-43-41-39-37-35-32-28-26-24-22-20-18-16-14-12-10-8-6-4-2/h6,8,12,14,18,20,24,26,32,35,39,41,46,48,54,56,61-64,66-73,75-77,79-83H,3-5,7,9-11,13,15-17,19,21-23,25,27-31,33-34,36-38,40,42-45,47,49-53,55,57-60H2,1-2H3,(H,74,78)/b8-6-,14-12-,20-18-,26-24-,35-32-,41-39-,48-46+,56-54+. The van der Waals surface area contributed by atoms with E-state index < -0.39 is 86.8 Å². The van der Waals surface area contributed by atoms with E-state index in [1.165, 1.54) is 141 Å². The molecule has 0 aromatic carbocycles. The van der Waals surface area contributed by atoms with Gasteiger partial charge < -0.3 is 65.1 Å². The number of aliphatic hydroxyl groups is 8. The summed E-state index contributed by atoms with van der Waals surface area (Å²) >= 11 is 0. The Balaban J connectivity index is 1.72. The Bertz CT molecular complexity index is 1830. The van der Waals surface area contributed by atoms with Crippen LogP contribution in [0.3, 0.4) is 0 Å². The number of rotatable bonds is 56. The fraction of sp³-hybridized carbons (Fsp3) is 0.767. The van der Waals surface area contributed by atoms with Gasteiger partial charge in [0.15, 0.2) is 12.6 Å². The maximum atomic E-state index is 13.3. The summed E-state index contributed by atoms with van der Waals surface area (Å²) in [5, 5.41) is 87.4. The molecule has 0 aliphatic carbocycles. The van der Waals surface area contributed by atoms with Crippen LogP contribution in [0.5, 0.6) is 0 Å². The predicted octanol–water partition coefficient (Wildman–Crippen LogP) is 14.2. The second-order valence-corrected chi connectivity index (χ2v) is 24.3. The summed E-state index contributed by atoms with van der Waals surface area (Å²) in [5.74, 6) is -0.265. The van der Waals surface area contributed by atoms with Gasteiger partial charge in [-0.25, -0.2) is 0 Å². The van der Waals surface area contributed by atoms with Crippen LogP contribution in [0.25, 0.3) is 0 Å². The summed E-state index contributed by atoms with van der Waals surface area (Å²) in [6.45, 7) is 2.68. The molecule has 2 fully saturated rings. The van der Waals surface area contributed by atoms with Crippen molar-refractivity contribution in [3.8, 4) is 0 Å². The van der Waals surface area contributed by atoms with E-state index >= 15 is 0 Å². The van der Waals surface area contributed by atoms with E-state index in [0.29, 0.717) is 12.8 Å². The van der Waals surface area contributed by atoms with Gasteiger partial charge in [-0.15, -0.1) is 0 Å². The molecular formula is C73H127NO13. The Morgan fingerprint density at radius 2 is 0.805 bits per heavy atom. The molecule has 0 spiro atoms. The van der Waals surface area contributed by atoms with Crippen LogP contribution in [0, 0.1) is 0 Å². The van der Waals surface area contributed by atoms with Crippen molar-refractivity contribution in [1.29, 1.82) is 0 Å². The average Bonchev–Trinajstić information content (AvgIpc) is 2.50. The van der Waals surface area contributed by atoms with Gasteiger partial charge in [0, 0.05) is 6.42 Å². The van der Waals surface area contributed by atoms with Gasteiger partial charge in [-0.05, 0) is 83.5 Å². The minimum atomic E-state index is -1.80. The van der Waals surface area contributed by atoms with E-state index in [-0.39, 0.29) is 18.9 Å². The van der Waals surface area contributed by atoms with Crippen LogP contribution in [-0.2, 0) is 23.7 Å². The van der Waals surface area contributed by atoms with Crippen LogP contribution < -0.4 is 5.32 Å². The first-order valence-electron chi connectivity index (χ1n) is 35.0. The first-order chi connectivity index (χ1) is 42.6. The molecule has 0 aromatic rings. The first kappa shape index (κ1) is 80.0. The Morgan fingerprint density at radius 1 is 0.425 bits per heavy atom. The highest BCUT2D eigenvalue weighted by Gasteiger charge is 2.51. The van der Waals surface area contributed by atoms with Crippen LogP contribution in [0.4, 0.5) is 0 Å². The lowest BCUT2D eigenvalue weighted by Crippen LogP contribution is -2.65. The second-order valence-electron chi connectivity index (χ2n) is 24.3. The normalized spacial score (nSPS) is 23.9. The average molecular weight is 1230 g/mol. The van der Waals surface area contributed by atoms with Gasteiger partial charge in [0.05, 0.1) is 32.0 Å². The second kappa shape index (κ2) is 56.9. The van der Waals surface area contributed by atoms with Gasteiger partial charge in [0.2, 0.25) is 5.91 Å². The summed E-state index contributed by atoms with van der Waals surface area (Å²) < 4.78 is 22.8. The van der Waals surface area contributed by atoms with E-state index in [2.05, 4.69) is 104 Å². The van der Waals surface area contributed by atoms with E-state index in [1.807, 2.05) is 6.08 Å². The smallest absolute Gasteiger partial charge is 0.220 e. The van der Waals surface area contributed by atoms with Crippen molar-refractivity contribution in [1.82, 2.24) is 5.32 Å². The molecule has 2 saturated heterocycles. The number of carbonyl (C=O) groups is 1. The molecule has 502 valence electrons. The zero-order valence-corrected chi connectivity index (χ0v) is 54.5. The highest BCUT2D eigenvalue weighted by Crippen LogP contribution is 2.30. The van der Waals surface area contributed by atoms with E-state index in [0.717, 1.165) is 89.9 Å². The lowest BCUT2D eigenvalue weighted by atomic mass is 9.97. The van der Waals surface area contributed by atoms with Gasteiger partial charge in [0.25, 0.3) is 0 Å². The molecule has 2 rings (SSSR count). The maximum Gasteiger partial charge on any atom is 0.220 e. The molecule has 12 atom stereocenters. The number of ether oxygens (including phenoxy) is 4. The summed E-state index contributed by atoms with van der Waals surface area (Å²) in [5.41, 5.74) is 0. The zero-order valence-electron chi connectivity index (χ0n) is 54.5. The third-order valence-electron chi connectivity index (χ3n) is 16.5. The molecule has 12 unspecified atom stereocenters. The van der Waals surface area contributed by atoms with Crippen molar-refractivity contribution >= 4 is 5.91 Å². The van der Waals surface area contributed by atoms with Crippen LogP contribution >= 0.6 is 0 Å². The van der Waals surface area contributed by atoms with Crippen molar-refractivity contribution < 1.29 is 64.6 Å². The van der Waals surface area contributed by atoms with Crippen molar-refractivity contribution in [2.45, 2.75) is 338 Å². The number of hydrogen-bond acceptors (Lipinski definition) is 13. The summed E-state index contributed by atoms with van der Waals surface area (Å²) in [6, 6.07) is -0.948. The number of amides is 1. The number of nitrogens with one attached hydrogen (secondary N) is 1. The maximum absolute atomic E-state index is 13.3. The van der Waals surface area contributed by atoms with Crippen LogP contribution in [0.15, 0.2) is 97.2 Å². The van der Waals surface area contributed by atoms with Crippen LogP contribution in [0.2, 0.25) is 0 Å². The quantitative estimate of drug-likeness (QED) is 0.0204. The van der Waals surface area contributed by atoms with Crippen molar-refractivity contribution in [3.63, 3.8) is 0 Å². The summed E-state index contributed by atoms with van der Waals surface area (Å²) in [7, 11) is 0. The topological polar surface area (TPSA) is 228 Å². The third kappa shape index (κ3) is 41.1. The van der Waals surface area contributed by atoms with E-state index in [9.17, 15) is 45.6 Å². The van der Waals surface area contributed by atoms with Gasteiger partial charge >= 0.3 is 0 Å². The predicted molar refractivity (Wildman–Crippen MR) is 355 cm³/mol. The molecule has 0 aromatic heterocycles. The lowest BCUT2D eigenvalue weighted by molar-refractivity contribution is -0.359. The monoisotopic (exact) mass is 1230 g/mol. The van der Waals surface area contributed by atoms with Crippen LogP contribution in [0.1, 0.15) is 264 Å². The molecular weight excluding hydrogens is 1100 g/mol. The van der Waals surface area contributed by atoms with Gasteiger partial charge in [0.1, 0.15) is 48.8 Å². The van der Waals surface area contributed by atoms with E-state index in [1.54, 1.807) is 6.08 Å². The van der Waals surface area contributed by atoms with Crippen molar-refractivity contribution in [2.75, 3.05) is 19.8 Å². The molecule has 87 heavy (non-hydrogen) atoms. The number of hydrogen-bond donors (Lipinski definition) is 9. The van der Waals surface area contributed by atoms with Gasteiger partial charge in [-0.3, -0.25) is 4.79 Å². The molecule has 2 heterocycles. The Kier molecular flexibility index (Phi) is 52.3. The SMILES string of the molecule is CC/C=C\C/C=C\C/C=C\C/C=C\C/C=C\C/C=C\CCCCCCCCC(=O)NC(COC1OC(CO)C(OC2OC(CO)C(O)C(O)C2O)C(O)C1O)C(O)/C=C/CC/C=C/CCCCCCCCCCCCCCCCCCCCCCCC. The number of carbonyl (C=O) groups excluding carboxylic acids is 1. The molecule has 1 amide bonds. The Morgan fingerprint density at radius 3 is 1.26 bits per heavy atom. The molecule has 14 nitrogen and oxygen atoms in total. The van der Waals surface area contributed by atoms with Crippen LogP contribution in [-0.4, -0.2) is 140 Å². The Labute approximate surface area is 528 Å². The molecule has 9 N–H and O–H groups in total. The molecule has 0 saturated carbocycles. The minimum absolute atomic E-state index is 0.251. The van der Waals surface area contributed by atoms with E-state index in [4.69, 9.17) is 18.9 Å². The third-order valence-corrected chi connectivity index (χ3v) is 16.5. The summed E-state index contributed by atoms with van der Waals surface area (Å²) in [4.78, 5) is 13.3. The lowest BCUT2D eigenvalue weighted by Gasteiger charge is -2.46. The van der Waals surface area contributed by atoms with Gasteiger partial charge in [-0.2, -0.15) is 0 Å². The van der Waals surface area contributed by atoms with Crippen molar-refractivity contribution in [2.24, 2.45) is 0 Å². The molecule has 14 heteroatoms. The summed E-state index contributed by atoms with van der Waals surface area (Å²) in [6.07, 6.45) is 63.2. The van der Waals surface area contributed by atoms with Gasteiger partial charge in [-0.1, -0.05) is 272 Å². The molecule has 0 radical (unpaired) electrons. The van der Waals surface area contributed by atoms with Crippen molar-refractivity contribution in [3.05, 3.63) is 97.2 Å². The number of aliphatic hydroxyl groups excluding tert-OH is 8. The fourth-order valence-corrected chi connectivity index (χ4v) is 11.0. The zero-order chi connectivity index (χ0) is 63.1. The Hall–Kier alpha value is -3.09. The molecule has 2 aliphatic rings. The number of unbranched alkanes of at least 4 members (excludes halogenated alkanes) is 29. The minimum Gasteiger partial charge on any atom is -0.394 e. The molecule has 0 bridgehead atoms. The number of allylic oxidation sites excluding steroid dienone is 15.